The summed E-state index contributed by atoms with van der Waals surface area (Å²) >= 11 is 3.47. The molecule has 0 saturated carbocycles. The van der Waals surface area contributed by atoms with E-state index in [4.69, 9.17) is 4.74 Å². The highest BCUT2D eigenvalue weighted by molar-refractivity contribution is 9.11. The molecule has 1 aliphatic carbocycles. The fraction of sp³-hybridized carbons (Fsp3) is 0.733. The number of hydrogen-bond donors (Lipinski definition) is 0. The van der Waals surface area contributed by atoms with Crippen molar-refractivity contribution in [2.45, 2.75) is 32.4 Å². The standard InChI is InChI=1S/C15H20BrF3O/c1-10(15(17,18)19)9-13-12(3-2-4-14(13)16)11-5-7-20-8-6-11/h2-4,10-13H,5-9H2,1H3. The van der Waals surface area contributed by atoms with Gasteiger partial charge in [0.1, 0.15) is 0 Å². The van der Waals surface area contributed by atoms with Crippen molar-refractivity contribution in [2.24, 2.45) is 23.7 Å². The molecule has 0 aromatic rings. The number of allylic oxidation sites excluding steroid dienone is 4. The van der Waals surface area contributed by atoms with Crippen LogP contribution in [-0.4, -0.2) is 19.4 Å². The van der Waals surface area contributed by atoms with E-state index >= 15 is 0 Å². The molecular formula is C15H20BrF3O. The lowest BCUT2D eigenvalue weighted by molar-refractivity contribution is -0.174. The molecule has 0 spiro atoms. The average Bonchev–Trinajstić information content (AvgIpc) is 2.41. The predicted molar refractivity (Wildman–Crippen MR) is 76.5 cm³/mol. The number of alkyl halides is 3. The van der Waals surface area contributed by atoms with E-state index < -0.39 is 12.1 Å². The molecule has 0 amide bonds. The molecule has 2 aliphatic rings. The van der Waals surface area contributed by atoms with Crippen LogP contribution in [0.4, 0.5) is 13.2 Å². The summed E-state index contributed by atoms with van der Waals surface area (Å²) in [6.07, 6.45) is 3.82. The van der Waals surface area contributed by atoms with Crippen LogP contribution in [-0.2, 0) is 4.74 Å². The van der Waals surface area contributed by atoms with Crippen molar-refractivity contribution < 1.29 is 17.9 Å². The van der Waals surface area contributed by atoms with E-state index in [1.54, 1.807) is 0 Å². The Bertz CT molecular complexity index is 383. The summed E-state index contributed by atoms with van der Waals surface area (Å²) in [5.41, 5.74) is 0. The molecule has 0 N–H and O–H groups in total. The van der Waals surface area contributed by atoms with Crippen LogP contribution < -0.4 is 0 Å². The van der Waals surface area contributed by atoms with Gasteiger partial charge >= 0.3 is 6.18 Å². The summed E-state index contributed by atoms with van der Waals surface area (Å²) in [5, 5.41) is 0. The highest BCUT2D eigenvalue weighted by Gasteiger charge is 2.40. The van der Waals surface area contributed by atoms with Crippen LogP contribution in [0.2, 0.25) is 0 Å². The highest BCUT2D eigenvalue weighted by Crippen LogP contribution is 2.44. The number of hydrogen-bond acceptors (Lipinski definition) is 1. The molecule has 3 unspecified atom stereocenters. The second kappa shape index (κ2) is 6.65. The molecule has 0 radical (unpaired) electrons. The third kappa shape index (κ3) is 3.88. The van der Waals surface area contributed by atoms with Crippen LogP contribution in [0.1, 0.15) is 26.2 Å². The van der Waals surface area contributed by atoms with E-state index in [1.165, 1.54) is 6.92 Å². The van der Waals surface area contributed by atoms with Gasteiger partial charge in [0.2, 0.25) is 0 Å². The maximum Gasteiger partial charge on any atom is 0.391 e. The first kappa shape index (κ1) is 16.1. The monoisotopic (exact) mass is 352 g/mol. The molecule has 0 aromatic carbocycles. The molecule has 1 nitrogen and oxygen atoms in total. The van der Waals surface area contributed by atoms with Crippen molar-refractivity contribution in [1.82, 2.24) is 0 Å². The van der Waals surface area contributed by atoms with Crippen molar-refractivity contribution in [3.05, 3.63) is 22.7 Å². The van der Waals surface area contributed by atoms with E-state index in [0.29, 0.717) is 5.92 Å². The van der Waals surface area contributed by atoms with E-state index in [-0.39, 0.29) is 18.3 Å². The van der Waals surface area contributed by atoms with E-state index in [1.807, 2.05) is 12.2 Å². The molecule has 0 aromatic heterocycles. The van der Waals surface area contributed by atoms with Gasteiger partial charge in [-0.1, -0.05) is 41.1 Å². The predicted octanol–water partition coefficient (Wildman–Crippen LogP) is 5.08. The first-order valence-electron chi connectivity index (χ1n) is 7.08. The quantitative estimate of drug-likeness (QED) is 0.687. The number of halogens is 4. The molecular weight excluding hydrogens is 333 g/mol. The van der Waals surface area contributed by atoms with Gasteiger partial charge < -0.3 is 4.74 Å². The normalized spacial score (nSPS) is 30.1. The molecule has 114 valence electrons. The zero-order valence-corrected chi connectivity index (χ0v) is 13.1. The fourth-order valence-electron chi connectivity index (χ4n) is 3.09. The first-order chi connectivity index (χ1) is 9.39. The Morgan fingerprint density at radius 1 is 1.35 bits per heavy atom. The Morgan fingerprint density at radius 3 is 2.60 bits per heavy atom. The van der Waals surface area contributed by atoms with Crippen LogP contribution in [0.15, 0.2) is 22.7 Å². The maximum atomic E-state index is 12.8. The summed E-state index contributed by atoms with van der Waals surface area (Å²) in [7, 11) is 0. The van der Waals surface area contributed by atoms with Gasteiger partial charge in [0.15, 0.2) is 0 Å². The van der Waals surface area contributed by atoms with E-state index in [9.17, 15) is 13.2 Å². The lowest BCUT2D eigenvalue weighted by Crippen LogP contribution is -2.32. The van der Waals surface area contributed by atoms with Crippen molar-refractivity contribution in [3.8, 4) is 0 Å². The largest absolute Gasteiger partial charge is 0.391 e. The Kier molecular flexibility index (Phi) is 5.35. The molecule has 5 heteroatoms. The van der Waals surface area contributed by atoms with Crippen LogP contribution in [0.5, 0.6) is 0 Å². The van der Waals surface area contributed by atoms with Gasteiger partial charge in [-0.3, -0.25) is 0 Å². The minimum absolute atomic E-state index is 0.0697. The highest BCUT2D eigenvalue weighted by atomic mass is 79.9. The molecule has 1 heterocycles. The van der Waals surface area contributed by atoms with Gasteiger partial charge in [-0.2, -0.15) is 13.2 Å². The first-order valence-corrected chi connectivity index (χ1v) is 7.87. The van der Waals surface area contributed by atoms with Crippen LogP contribution in [0, 0.1) is 23.7 Å². The molecule has 1 aliphatic heterocycles. The van der Waals surface area contributed by atoms with Gasteiger partial charge in [0, 0.05) is 13.2 Å². The van der Waals surface area contributed by atoms with Gasteiger partial charge in [-0.25, -0.2) is 0 Å². The third-order valence-corrected chi connectivity index (χ3v) is 5.24. The van der Waals surface area contributed by atoms with Gasteiger partial charge in [0.25, 0.3) is 0 Å². The third-order valence-electron chi connectivity index (χ3n) is 4.38. The topological polar surface area (TPSA) is 9.23 Å². The van der Waals surface area contributed by atoms with Gasteiger partial charge in [-0.05, 0) is 41.5 Å². The molecule has 1 saturated heterocycles. The summed E-state index contributed by atoms with van der Waals surface area (Å²) in [5.74, 6) is -0.739. The van der Waals surface area contributed by atoms with E-state index in [0.717, 1.165) is 30.5 Å². The minimum atomic E-state index is -4.12. The summed E-state index contributed by atoms with van der Waals surface area (Å²) in [6, 6.07) is 0. The summed E-state index contributed by atoms with van der Waals surface area (Å²) in [4.78, 5) is 0. The fourth-order valence-corrected chi connectivity index (χ4v) is 3.73. The number of ether oxygens (including phenoxy) is 1. The lowest BCUT2D eigenvalue weighted by Gasteiger charge is -2.37. The Balaban J connectivity index is 2.09. The zero-order valence-electron chi connectivity index (χ0n) is 11.5. The van der Waals surface area contributed by atoms with Crippen LogP contribution in [0.3, 0.4) is 0 Å². The Morgan fingerprint density at radius 2 is 2.00 bits per heavy atom. The SMILES string of the molecule is CC(CC1C(Br)=CC=CC1C1CCOCC1)C(F)(F)F. The maximum absolute atomic E-state index is 12.8. The molecule has 20 heavy (non-hydrogen) atoms. The molecule has 0 bridgehead atoms. The van der Waals surface area contributed by atoms with Gasteiger partial charge in [0.05, 0.1) is 5.92 Å². The summed E-state index contributed by atoms with van der Waals surface area (Å²) < 4.78 is 44.7. The smallest absolute Gasteiger partial charge is 0.381 e. The minimum Gasteiger partial charge on any atom is -0.381 e. The van der Waals surface area contributed by atoms with Gasteiger partial charge in [-0.15, -0.1) is 0 Å². The molecule has 2 rings (SSSR count). The van der Waals surface area contributed by atoms with Crippen LogP contribution in [0.25, 0.3) is 0 Å². The lowest BCUT2D eigenvalue weighted by atomic mass is 9.72. The Hall–Kier alpha value is -0.290. The van der Waals surface area contributed by atoms with Crippen molar-refractivity contribution in [3.63, 3.8) is 0 Å². The average molecular weight is 353 g/mol. The summed E-state index contributed by atoms with van der Waals surface area (Å²) in [6.45, 7) is 2.72. The van der Waals surface area contributed by atoms with Crippen molar-refractivity contribution >= 4 is 15.9 Å². The van der Waals surface area contributed by atoms with Crippen LogP contribution >= 0.6 is 15.9 Å². The number of rotatable bonds is 3. The Labute approximate surface area is 126 Å². The molecule has 3 atom stereocenters. The molecule has 1 fully saturated rings. The van der Waals surface area contributed by atoms with Crippen molar-refractivity contribution in [2.75, 3.05) is 13.2 Å². The van der Waals surface area contributed by atoms with Crippen molar-refractivity contribution in [1.29, 1.82) is 0 Å². The second-order valence-corrected chi connectivity index (χ2v) is 6.66. The second-order valence-electron chi connectivity index (χ2n) is 5.75. The zero-order chi connectivity index (χ0) is 14.8. The van der Waals surface area contributed by atoms with E-state index in [2.05, 4.69) is 22.0 Å².